The molecule has 0 aliphatic heterocycles. The lowest BCUT2D eigenvalue weighted by Gasteiger charge is -2.05. The molecule has 96 valence electrons. The van der Waals surface area contributed by atoms with Crippen LogP contribution >= 0.6 is 0 Å². The van der Waals surface area contributed by atoms with E-state index in [0.717, 1.165) is 12.1 Å². The average Bonchev–Trinajstić information content (AvgIpc) is 2.31. The van der Waals surface area contributed by atoms with Gasteiger partial charge >= 0.3 is 0 Å². The summed E-state index contributed by atoms with van der Waals surface area (Å²) in [5.74, 6) is -1.60. The molecule has 0 bridgehead atoms. The van der Waals surface area contributed by atoms with Crippen molar-refractivity contribution in [1.82, 2.24) is 0 Å². The Morgan fingerprint density at radius 2 is 1.76 bits per heavy atom. The topological polar surface area (TPSA) is 73.6 Å². The number of hydrogen-bond acceptors (Lipinski definition) is 3. The van der Waals surface area contributed by atoms with Gasteiger partial charge in [0, 0.05) is 17.7 Å². The molecule has 0 saturated heterocycles. The van der Waals surface area contributed by atoms with Crippen molar-refractivity contribution in [3.63, 3.8) is 0 Å². The molecule has 1 rings (SSSR count). The van der Waals surface area contributed by atoms with Crippen LogP contribution in [0, 0.1) is 11.6 Å². The van der Waals surface area contributed by atoms with Crippen LogP contribution < -0.4 is 11.5 Å². The second-order valence-electron chi connectivity index (χ2n) is 2.78. The molecule has 0 saturated carbocycles. The zero-order valence-electron chi connectivity index (χ0n) is 10.1. The fraction of sp³-hybridized carbons (Fsp3) is 0.364. The lowest BCUT2D eigenvalue weighted by Crippen LogP contribution is -2.15. The van der Waals surface area contributed by atoms with Crippen LogP contribution in [0.15, 0.2) is 17.3 Å². The number of nitrogens with zero attached hydrogens (tertiary/aromatic N) is 1. The van der Waals surface area contributed by atoms with E-state index in [0.29, 0.717) is 0 Å². The summed E-state index contributed by atoms with van der Waals surface area (Å²) in [7, 11) is 1.29. The first-order chi connectivity index (χ1) is 8.10. The lowest BCUT2D eigenvalue weighted by molar-refractivity contribution is 0.213. The third-order valence-corrected chi connectivity index (χ3v) is 1.83. The molecule has 0 radical (unpaired) electrons. The second kappa shape index (κ2) is 7.56. The van der Waals surface area contributed by atoms with Gasteiger partial charge in [-0.05, 0) is 12.1 Å². The summed E-state index contributed by atoms with van der Waals surface area (Å²) in [6, 6.07) is 2.12. The third kappa shape index (κ3) is 3.99. The van der Waals surface area contributed by atoms with Gasteiger partial charge in [0.15, 0.2) is 5.84 Å². The Hall–Kier alpha value is -1.69. The molecule has 0 spiro atoms. The molecule has 4 N–H and O–H groups in total. The Labute approximate surface area is 99.2 Å². The van der Waals surface area contributed by atoms with Crippen LogP contribution in [0.4, 0.5) is 8.78 Å². The summed E-state index contributed by atoms with van der Waals surface area (Å²) in [5, 5.41) is 3.36. The molecule has 0 aromatic heterocycles. The highest BCUT2D eigenvalue weighted by Gasteiger charge is 2.11. The Kier molecular flexibility index (Phi) is 6.81. The zero-order valence-corrected chi connectivity index (χ0v) is 10.1. The molecule has 6 heteroatoms. The van der Waals surface area contributed by atoms with Gasteiger partial charge in [-0.2, -0.15) is 0 Å². The Balaban J connectivity index is 0.00000121. The minimum Gasteiger partial charge on any atom is -0.397 e. The fourth-order valence-electron chi connectivity index (χ4n) is 1.10. The molecule has 17 heavy (non-hydrogen) atoms. The van der Waals surface area contributed by atoms with Crippen LogP contribution in [0.2, 0.25) is 0 Å². The van der Waals surface area contributed by atoms with Crippen LogP contribution in [0.1, 0.15) is 25.0 Å². The normalized spacial score (nSPS) is 10.6. The van der Waals surface area contributed by atoms with Gasteiger partial charge in [-0.25, -0.2) is 8.78 Å². The summed E-state index contributed by atoms with van der Waals surface area (Å²) in [6.45, 7) is 3.79. The predicted molar refractivity (Wildman–Crippen MR) is 63.3 cm³/mol. The van der Waals surface area contributed by atoms with Crippen molar-refractivity contribution >= 4 is 5.84 Å². The van der Waals surface area contributed by atoms with E-state index in [-0.39, 0.29) is 23.5 Å². The molecule has 0 amide bonds. The minimum atomic E-state index is -0.748. The lowest BCUT2D eigenvalue weighted by atomic mass is 10.1. The van der Waals surface area contributed by atoms with Crippen molar-refractivity contribution in [2.45, 2.75) is 20.4 Å². The van der Waals surface area contributed by atoms with E-state index in [2.05, 4.69) is 9.99 Å². The molecule has 0 unspecified atom stereocenters. The molecule has 4 nitrogen and oxygen atoms in total. The highest BCUT2D eigenvalue weighted by atomic mass is 19.1. The maximum atomic E-state index is 13.2. The van der Waals surface area contributed by atoms with E-state index >= 15 is 0 Å². The number of oxime groups is 1. The molecule has 0 aliphatic rings. The molecule has 0 heterocycles. The molecular formula is C11H17F2N3O. The van der Waals surface area contributed by atoms with E-state index in [1.54, 1.807) is 0 Å². The molecule has 0 aliphatic carbocycles. The number of hydrogen-bond donors (Lipinski definition) is 2. The van der Waals surface area contributed by atoms with Gasteiger partial charge in [0.05, 0.1) is 0 Å². The summed E-state index contributed by atoms with van der Waals surface area (Å²) in [4.78, 5) is 4.39. The van der Waals surface area contributed by atoms with Crippen molar-refractivity contribution in [2.75, 3.05) is 7.11 Å². The Morgan fingerprint density at radius 3 is 2.12 bits per heavy atom. The second-order valence-corrected chi connectivity index (χ2v) is 2.78. The van der Waals surface area contributed by atoms with Gasteiger partial charge in [-0.3, -0.25) is 0 Å². The van der Waals surface area contributed by atoms with Gasteiger partial charge in [-0.15, -0.1) is 0 Å². The van der Waals surface area contributed by atoms with Crippen molar-refractivity contribution in [3.8, 4) is 0 Å². The minimum absolute atomic E-state index is 0.0983. The number of rotatable bonds is 3. The van der Waals surface area contributed by atoms with Crippen LogP contribution in [0.3, 0.4) is 0 Å². The zero-order chi connectivity index (χ0) is 13.4. The number of amidine groups is 1. The van der Waals surface area contributed by atoms with Gasteiger partial charge in [0.25, 0.3) is 0 Å². The maximum absolute atomic E-state index is 13.2. The van der Waals surface area contributed by atoms with E-state index in [1.165, 1.54) is 7.11 Å². The summed E-state index contributed by atoms with van der Waals surface area (Å²) >= 11 is 0. The van der Waals surface area contributed by atoms with Crippen molar-refractivity contribution < 1.29 is 13.6 Å². The van der Waals surface area contributed by atoms with Crippen LogP contribution in [0.25, 0.3) is 0 Å². The van der Waals surface area contributed by atoms with E-state index < -0.39 is 11.6 Å². The van der Waals surface area contributed by atoms with E-state index in [9.17, 15) is 8.78 Å². The summed E-state index contributed by atoms with van der Waals surface area (Å²) in [6.07, 6.45) is 0. The summed E-state index contributed by atoms with van der Waals surface area (Å²) < 4.78 is 26.5. The van der Waals surface area contributed by atoms with Crippen LogP contribution in [0.5, 0.6) is 0 Å². The summed E-state index contributed by atoms with van der Waals surface area (Å²) in [5.41, 5.74) is 10.5. The Bertz CT molecular complexity index is 371. The quantitative estimate of drug-likeness (QED) is 0.483. The molecule has 0 atom stereocenters. The first-order valence-electron chi connectivity index (χ1n) is 5.15. The maximum Gasteiger partial charge on any atom is 0.170 e. The monoisotopic (exact) mass is 245 g/mol. The molecular weight excluding hydrogens is 228 g/mol. The van der Waals surface area contributed by atoms with Crippen molar-refractivity contribution in [1.29, 1.82) is 0 Å². The largest absolute Gasteiger partial charge is 0.397 e. The highest BCUT2D eigenvalue weighted by molar-refractivity contribution is 5.97. The van der Waals surface area contributed by atoms with Gasteiger partial charge in [-0.1, -0.05) is 19.0 Å². The Morgan fingerprint density at radius 1 is 1.29 bits per heavy atom. The third-order valence-electron chi connectivity index (χ3n) is 1.83. The van der Waals surface area contributed by atoms with Crippen molar-refractivity contribution in [2.24, 2.45) is 16.6 Å². The molecule has 0 fully saturated rings. The van der Waals surface area contributed by atoms with Gasteiger partial charge < -0.3 is 16.3 Å². The molecule has 1 aromatic rings. The van der Waals surface area contributed by atoms with Crippen LogP contribution in [-0.2, 0) is 11.4 Å². The molecule has 1 aromatic carbocycles. The average molecular weight is 245 g/mol. The first-order valence-corrected chi connectivity index (χ1v) is 5.15. The fourth-order valence-corrected chi connectivity index (χ4v) is 1.10. The predicted octanol–water partition coefficient (Wildman–Crippen LogP) is 1.72. The highest BCUT2D eigenvalue weighted by Crippen LogP contribution is 2.14. The van der Waals surface area contributed by atoms with Crippen LogP contribution in [-0.4, -0.2) is 12.9 Å². The van der Waals surface area contributed by atoms with Gasteiger partial charge in [0.2, 0.25) is 0 Å². The smallest absolute Gasteiger partial charge is 0.170 e. The van der Waals surface area contributed by atoms with E-state index in [4.69, 9.17) is 11.5 Å². The number of halogens is 2. The number of nitrogens with two attached hydrogens (primary N) is 2. The standard InChI is InChI=1S/C9H11F2N3O.C2H6/c1-15-14-9(13)5-2-7(10)6(4-12)8(11)3-5;1-2/h2-3H,4,12H2,1H3,(H2,13,14);1-2H3. The van der Waals surface area contributed by atoms with Gasteiger partial charge in [0.1, 0.15) is 18.7 Å². The first kappa shape index (κ1) is 15.3. The van der Waals surface area contributed by atoms with E-state index in [1.807, 2.05) is 13.8 Å². The SMILES string of the molecule is CC.CO/N=C(\N)c1cc(F)c(CN)c(F)c1. The number of benzene rings is 1. The van der Waals surface area contributed by atoms with Crippen molar-refractivity contribution in [3.05, 3.63) is 34.9 Å².